The molecule has 2 N–H and O–H groups in total. The monoisotopic (exact) mass is 264 g/mol. The SMILES string of the molecule is CCc1cccc(-c2c(C#N)cc(O)c(O)c2C#N)c1. The molecule has 0 aromatic heterocycles. The van der Waals surface area contributed by atoms with Crippen molar-refractivity contribution >= 4 is 0 Å². The van der Waals surface area contributed by atoms with Crippen molar-refractivity contribution < 1.29 is 10.2 Å². The summed E-state index contributed by atoms with van der Waals surface area (Å²) >= 11 is 0. The lowest BCUT2D eigenvalue weighted by molar-refractivity contribution is 0.402. The van der Waals surface area contributed by atoms with E-state index in [1.807, 2.05) is 37.3 Å². The molecular weight excluding hydrogens is 252 g/mol. The fourth-order valence-electron chi connectivity index (χ4n) is 2.10. The number of nitrogens with zero attached hydrogens (tertiary/aromatic N) is 2. The number of nitriles is 2. The zero-order valence-electron chi connectivity index (χ0n) is 10.9. The van der Waals surface area contributed by atoms with Crippen LogP contribution < -0.4 is 0 Å². The van der Waals surface area contributed by atoms with Gasteiger partial charge in [0.1, 0.15) is 11.6 Å². The average molecular weight is 264 g/mol. The molecule has 0 bridgehead atoms. The summed E-state index contributed by atoms with van der Waals surface area (Å²) in [6.07, 6.45) is 0.821. The molecule has 0 aliphatic carbocycles. The van der Waals surface area contributed by atoms with Crippen LogP contribution in [0.25, 0.3) is 11.1 Å². The average Bonchev–Trinajstić information content (AvgIpc) is 2.49. The van der Waals surface area contributed by atoms with E-state index in [-0.39, 0.29) is 11.1 Å². The fraction of sp³-hybridized carbons (Fsp3) is 0.125. The van der Waals surface area contributed by atoms with Gasteiger partial charge in [0.15, 0.2) is 11.5 Å². The molecule has 2 aromatic rings. The molecule has 0 radical (unpaired) electrons. The molecule has 0 amide bonds. The zero-order valence-corrected chi connectivity index (χ0v) is 10.9. The Hall–Kier alpha value is -2.98. The Kier molecular flexibility index (Phi) is 3.59. The Morgan fingerprint density at radius 2 is 1.85 bits per heavy atom. The van der Waals surface area contributed by atoms with Crippen molar-refractivity contribution in [1.82, 2.24) is 0 Å². The van der Waals surface area contributed by atoms with E-state index in [1.165, 1.54) is 6.07 Å². The second-order valence-corrected chi connectivity index (χ2v) is 4.32. The van der Waals surface area contributed by atoms with Gasteiger partial charge in [0, 0.05) is 11.6 Å². The van der Waals surface area contributed by atoms with E-state index in [9.17, 15) is 20.7 Å². The number of aryl methyl sites for hydroxylation is 1. The van der Waals surface area contributed by atoms with Gasteiger partial charge in [0.05, 0.1) is 11.6 Å². The maximum Gasteiger partial charge on any atom is 0.176 e. The van der Waals surface area contributed by atoms with Crippen LogP contribution in [0.4, 0.5) is 0 Å². The maximum absolute atomic E-state index is 9.80. The van der Waals surface area contributed by atoms with Crippen LogP contribution in [0.2, 0.25) is 0 Å². The number of rotatable bonds is 2. The van der Waals surface area contributed by atoms with Gasteiger partial charge in [-0.2, -0.15) is 10.5 Å². The first-order valence-corrected chi connectivity index (χ1v) is 6.10. The predicted molar refractivity (Wildman–Crippen MR) is 74.0 cm³/mol. The van der Waals surface area contributed by atoms with E-state index in [1.54, 1.807) is 6.07 Å². The number of phenols is 2. The molecule has 2 rings (SSSR count). The second kappa shape index (κ2) is 5.34. The van der Waals surface area contributed by atoms with E-state index >= 15 is 0 Å². The Morgan fingerprint density at radius 3 is 2.45 bits per heavy atom. The zero-order chi connectivity index (χ0) is 14.7. The van der Waals surface area contributed by atoms with Crippen LogP contribution in [-0.4, -0.2) is 10.2 Å². The maximum atomic E-state index is 9.80. The Labute approximate surface area is 116 Å². The second-order valence-electron chi connectivity index (χ2n) is 4.32. The smallest absolute Gasteiger partial charge is 0.176 e. The Bertz CT molecular complexity index is 752. The number of benzene rings is 2. The standard InChI is InChI=1S/C16H12N2O2/c1-2-10-4-3-5-11(6-10)15-12(8-17)7-14(19)16(20)13(15)9-18/h3-7,19-20H,2H2,1H3. The molecule has 98 valence electrons. The molecule has 0 atom stereocenters. The van der Waals surface area contributed by atoms with Crippen LogP contribution in [0.5, 0.6) is 11.5 Å². The molecular formula is C16H12N2O2. The highest BCUT2D eigenvalue weighted by Crippen LogP contribution is 2.39. The van der Waals surface area contributed by atoms with E-state index in [2.05, 4.69) is 0 Å². The van der Waals surface area contributed by atoms with E-state index < -0.39 is 11.5 Å². The fourth-order valence-corrected chi connectivity index (χ4v) is 2.10. The number of hydrogen-bond donors (Lipinski definition) is 2. The van der Waals surface area contributed by atoms with Crippen molar-refractivity contribution in [3.05, 3.63) is 47.0 Å². The molecule has 0 saturated heterocycles. The van der Waals surface area contributed by atoms with Crippen molar-refractivity contribution in [2.24, 2.45) is 0 Å². The van der Waals surface area contributed by atoms with Crippen LogP contribution in [0.1, 0.15) is 23.6 Å². The Balaban J connectivity index is 2.82. The predicted octanol–water partition coefficient (Wildman–Crippen LogP) is 3.07. The summed E-state index contributed by atoms with van der Waals surface area (Å²) in [5.74, 6) is -0.961. The van der Waals surface area contributed by atoms with Gasteiger partial charge >= 0.3 is 0 Å². The third-order valence-electron chi connectivity index (χ3n) is 3.14. The summed E-state index contributed by atoms with van der Waals surface area (Å²) in [5.41, 5.74) is 2.15. The van der Waals surface area contributed by atoms with Gasteiger partial charge in [0.25, 0.3) is 0 Å². The van der Waals surface area contributed by atoms with Crippen LogP contribution in [0, 0.1) is 22.7 Å². The first-order chi connectivity index (χ1) is 9.62. The summed E-state index contributed by atoms with van der Waals surface area (Å²) in [5, 5.41) is 37.8. The Morgan fingerprint density at radius 1 is 1.10 bits per heavy atom. The molecule has 0 unspecified atom stereocenters. The molecule has 4 heteroatoms. The van der Waals surface area contributed by atoms with E-state index in [4.69, 9.17) is 0 Å². The first kappa shape index (κ1) is 13.5. The van der Waals surface area contributed by atoms with Crippen LogP contribution >= 0.6 is 0 Å². The summed E-state index contributed by atoms with van der Waals surface area (Å²) in [6.45, 7) is 2.00. The summed E-state index contributed by atoms with van der Waals surface area (Å²) in [4.78, 5) is 0. The third kappa shape index (κ3) is 2.15. The minimum absolute atomic E-state index is 0.0881. The largest absolute Gasteiger partial charge is 0.504 e. The topological polar surface area (TPSA) is 88.0 Å². The molecule has 2 aromatic carbocycles. The van der Waals surface area contributed by atoms with E-state index in [0.717, 1.165) is 12.0 Å². The van der Waals surface area contributed by atoms with Crippen LogP contribution in [0.15, 0.2) is 30.3 Å². The molecule has 0 aliphatic rings. The normalized spacial score (nSPS) is 9.75. The minimum atomic E-state index is -0.497. The quantitative estimate of drug-likeness (QED) is 0.816. The van der Waals surface area contributed by atoms with Gasteiger partial charge in [-0.15, -0.1) is 0 Å². The third-order valence-corrected chi connectivity index (χ3v) is 3.14. The van der Waals surface area contributed by atoms with E-state index in [0.29, 0.717) is 11.1 Å². The number of aromatic hydroxyl groups is 2. The lowest BCUT2D eigenvalue weighted by atomic mass is 9.93. The van der Waals surface area contributed by atoms with Crippen LogP contribution in [0.3, 0.4) is 0 Å². The van der Waals surface area contributed by atoms with Gasteiger partial charge in [0.2, 0.25) is 0 Å². The van der Waals surface area contributed by atoms with Crippen molar-refractivity contribution in [2.75, 3.05) is 0 Å². The van der Waals surface area contributed by atoms with Gasteiger partial charge in [-0.05, 0) is 17.5 Å². The molecule has 4 nitrogen and oxygen atoms in total. The minimum Gasteiger partial charge on any atom is -0.504 e. The van der Waals surface area contributed by atoms with Gasteiger partial charge in [-0.3, -0.25) is 0 Å². The molecule has 0 spiro atoms. The lowest BCUT2D eigenvalue weighted by Crippen LogP contribution is -1.92. The molecule has 20 heavy (non-hydrogen) atoms. The van der Waals surface area contributed by atoms with Gasteiger partial charge < -0.3 is 10.2 Å². The van der Waals surface area contributed by atoms with Crippen molar-refractivity contribution in [3.63, 3.8) is 0 Å². The van der Waals surface area contributed by atoms with Crippen LogP contribution in [-0.2, 0) is 6.42 Å². The molecule has 0 saturated carbocycles. The highest BCUT2D eigenvalue weighted by Gasteiger charge is 2.18. The van der Waals surface area contributed by atoms with Crippen molar-refractivity contribution in [2.45, 2.75) is 13.3 Å². The summed E-state index contributed by atoms with van der Waals surface area (Å²) in [7, 11) is 0. The highest BCUT2D eigenvalue weighted by molar-refractivity contribution is 5.81. The molecule has 0 heterocycles. The highest BCUT2D eigenvalue weighted by atomic mass is 16.3. The number of phenolic OH excluding ortho intramolecular Hbond substituents is 2. The number of hydrogen-bond acceptors (Lipinski definition) is 4. The summed E-state index contributed by atoms with van der Waals surface area (Å²) in [6, 6.07) is 12.4. The molecule has 0 fully saturated rings. The first-order valence-electron chi connectivity index (χ1n) is 6.10. The lowest BCUT2D eigenvalue weighted by Gasteiger charge is -2.11. The molecule has 0 aliphatic heterocycles. The van der Waals surface area contributed by atoms with Gasteiger partial charge in [-0.25, -0.2) is 0 Å². The van der Waals surface area contributed by atoms with Gasteiger partial charge in [-0.1, -0.05) is 31.2 Å². The summed E-state index contributed by atoms with van der Waals surface area (Å²) < 4.78 is 0. The van der Waals surface area contributed by atoms with Crippen molar-refractivity contribution in [1.29, 1.82) is 10.5 Å². The van der Waals surface area contributed by atoms with Crippen molar-refractivity contribution in [3.8, 4) is 34.8 Å².